The molecular formula is C24H20N4O4. The van der Waals surface area contributed by atoms with Crippen LogP contribution in [0.4, 0.5) is 11.6 Å². The van der Waals surface area contributed by atoms with E-state index in [1.54, 1.807) is 54.9 Å². The molecule has 0 saturated heterocycles. The van der Waals surface area contributed by atoms with E-state index < -0.39 is 5.97 Å². The predicted molar refractivity (Wildman–Crippen MR) is 119 cm³/mol. The molecule has 2 aromatic carbocycles. The summed E-state index contributed by atoms with van der Waals surface area (Å²) in [4.78, 5) is 32.4. The van der Waals surface area contributed by atoms with Crippen LogP contribution in [-0.2, 0) is 6.54 Å². The number of benzene rings is 2. The SMILES string of the molecule is Cc1ccc(CNC(=O)c2cccc(Nc3ncc(-c4ccccc4C(=O)O)cn3)c2)o1. The van der Waals surface area contributed by atoms with E-state index in [2.05, 4.69) is 20.6 Å². The highest BCUT2D eigenvalue weighted by molar-refractivity contribution is 5.96. The number of furan rings is 1. The standard InChI is InChI=1S/C24H20N4O4/c1-15-9-10-19(32-15)14-25-22(29)16-5-4-6-18(11-16)28-24-26-12-17(13-27-24)20-7-2-3-8-21(20)23(30)31/h2-13H,14H2,1H3,(H,25,29)(H,30,31)(H,26,27,28). The number of carboxylic acid groups (broad SMARTS) is 1. The molecule has 4 rings (SSSR count). The summed E-state index contributed by atoms with van der Waals surface area (Å²) in [5, 5.41) is 15.2. The van der Waals surface area contributed by atoms with Crippen molar-refractivity contribution in [3.05, 3.63) is 95.7 Å². The Balaban J connectivity index is 1.44. The smallest absolute Gasteiger partial charge is 0.336 e. The van der Waals surface area contributed by atoms with Crippen LogP contribution in [0, 0.1) is 6.92 Å². The zero-order chi connectivity index (χ0) is 22.5. The minimum atomic E-state index is -1.01. The van der Waals surface area contributed by atoms with Crippen molar-refractivity contribution >= 4 is 23.5 Å². The van der Waals surface area contributed by atoms with Crippen LogP contribution in [0.3, 0.4) is 0 Å². The second kappa shape index (κ2) is 9.13. The number of hydrogen-bond acceptors (Lipinski definition) is 6. The average Bonchev–Trinajstić information content (AvgIpc) is 3.23. The summed E-state index contributed by atoms with van der Waals surface area (Å²) in [6, 6.07) is 17.3. The van der Waals surface area contributed by atoms with Crippen molar-refractivity contribution in [1.29, 1.82) is 0 Å². The first-order valence-corrected chi connectivity index (χ1v) is 9.85. The summed E-state index contributed by atoms with van der Waals surface area (Å²) >= 11 is 0. The van der Waals surface area contributed by atoms with Gasteiger partial charge in [-0.2, -0.15) is 0 Å². The van der Waals surface area contributed by atoms with Crippen molar-refractivity contribution in [2.45, 2.75) is 13.5 Å². The molecule has 160 valence electrons. The van der Waals surface area contributed by atoms with Crippen LogP contribution >= 0.6 is 0 Å². The number of anilines is 2. The van der Waals surface area contributed by atoms with Crippen molar-refractivity contribution in [3.8, 4) is 11.1 Å². The molecule has 8 nitrogen and oxygen atoms in total. The van der Waals surface area contributed by atoms with Gasteiger partial charge in [0.05, 0.1) is 12.1 Å². The normalized spacial score (nSPS) is 10.5. The van der Waals surface area contributed by atoms with E-state index in [1.807, 2.05) is 19.1 Å². The first-order chi connectivity index (χ1) is 15.5. The Bertz CT molecular complexity index is 1270. The van der Waals surface area contributed by atoms with Gasteiger partial charge in [-0.15, -0.1) is 0 Å². The third-order valence-electron chi connectivity index (χ3n) is 4.72. The Kier molecular flexibility index (Phi) is 5.94. The Labute approximate surface area is 184 Å². The highest BCUT2D eigenvalue weighted by Crippen LogP contribution is 2.23. The van der Waals surface area contributed by atoms with Gasteiger partial charge in [0.2, 0.25) is 5.95 Å². The van der Waals surface area contributed by atoms with Gasteiger partial charge in [0, 0.05) is 29.2 Å². The molecule has 4 aromatic rings. The van der Waals surface area contributed by atoms with E-state index >= 15 is 0 Å². The average molecular weight is 428 g/mol. The lowest BCUT2D eigenvalue weighted by Crippen LogP contribution is -2.22. The maximum Gasteiger partial charge on any atom is 0.336 e. The third-order valence-corrected chi connectivity index (χ3v) is 4.72. The molecule has 0 aliphatic heterocycles. The van der Waals surface area contributed by atoms with Crippen LogP contribution in [0.1, 0.15) is 32.2 Å². The minimum Gasteiger partial charge on any atom is -0.478 e. The van der Waals surface area contributed by atoms with Crippen molar-refractivity contribution in [2.24, 2.45) is 0 Å². The van der Waals surface area contributed by atoms with E-state index in [-0.39, 0.29) is 11.5 Å². The van der Waals surface area contributed by atoms with E-state index in [4.69, 9.17) is 4.42 Å². The van der Waals surface area contributed by atoms with Crippen LogP contribution in [0.5, 0.6) is 0 Å². The number of nitrogens with zero attached hydrogens (tertiary/aromatic N) is 2. The molecule has 0 aliphatic rings. The van der Waals surface area contributed by atoms with Gasteiger partial charge in [0.25, 0.3) is 5.91 Å². The topological polar surface area (TPSA) is 117 Å². The number of nitrogens with one attached hydrogen (secondary N) is 2. The lowest BCUT2D eigenvalue weighted by atomic mass is 10.0. The first kappa shape index (κ1) is 20.8. The molecule has 0 spiro atoms. The second-order valence-corrected chi connectivity index (χ2v) is 7.05. The Hall–Kier alpha value is -4.46. The van der Waals surface area contributed by atoms with Gasteiger partial charge < -0.3 is 20.2 Å². The van der Waals surface area contributed by atoms with Gasteiger partial charge in [-0.3, -0.25) is 4.79 Å². The molecule has 8 heteroatoms. The molecule has 32 heavy (non-hydrogen) atoms. The molecule has 0 atom stereocenters. The number of carbonyl (C=O) groups is 2. The highest BCUT2D eigenvalue weighted by atomic mass is 16.4. The van der Waals surface area contributed by atoms with Crippen molar-refractivity contribution in [1.82, 2.24) is 15.3 Å². The van der Waals surface area contributed by atoms with Crippen LogP contribution in [0.25, 0.3) is 11.1 Å². The molecule has 1 amide bonds. The number of aromatic carboxylic acids is 1. The number of rotatable bonds is 7. The molecule has 0 saturated carbocycles. The number of hydrogen-bond donors (Lipinski definition) is 3. The summed E-state index contributed by atoms with van der Waals surface area (Å²) in [5.74, 6) is 0.551. The van der Waals surface area contributed by atoms with E-state index in [0.29, 0.717) is 40.6 Å². The third kappa shape index (κ3) is 4.81. The molecule has 0 aliphatic carbocycles. The number of amides is 1. The predicted octanol–water partition coefficient (Wildman–Crippen LogP) is 4.42. The molecule has 0 bridgehead atoms. The monoisotopic (exact) mass is 428 g/mol. The van der Waals surface area contributed by atoms with Gasteiger partial charge in [-0.25, -0.2) is 14.8 Å². The Morgan fingerprint density at radius 1 is 1.00 bits per heavy atom. The van der Waals surface area contributed by atoms with E-state index in [9.17, 15) is 14.7 Å². The van der Waals surface area contributed by atoms with Gasteiger partial charge in [-0.05, 0) is 48.9 Å². The van der Waals surface area contributed by atoms with Gasteiger partial charge in [0.15, 0.2) is 0 Å². The summed E-state index contributed by atoms with van der Waals surface area (Å²) in [7, 11) is 0. The zero-order valence-electron chi connectivity index (χ0n) is 17.2. The molecule has 3 N–H and O–H groups in total. The van der Waals surface area contributed by atoms with E-state index in [0.717, 1.165) is 5.76 Å². The van der Waals surface area contributed by atoms with Crippen molar-refractivity contribution < 1.29 is 19.1 Å². The second-order valence-electron chi connectivity index (χ2n) is 7.05. The quantitative estimate of drug-likeness (QED) is 0.399. The van der Waals surface area contributed by atoms with E-state index in [1.165, 1.54) is 6.07 Å². The molecule has 2 heterocycles. The zero-order valence-corrected chi connectivity index (χ0v) is 17.2. The summed E-state index contributed by atoms with van der Waals surface area (Å²) in [6.45, 7) is 2.15. The highest BCUT2D eigenvalue weighted by Gasteiger charge is 2.12. The summed E-state index contributed by atoms with van der Waals surface area (Å²) in [5.41, 5.74) is 2.43. The van der Waals surface area contributed by atoms with Crippen LogP contribution < -0.4 is 10.6 Å². The maximum atomic E-state index is 12.5. The van der Waals surface area contributed by atoms with Gasteiger partial charge in [-0.1, -0.05) is 24.3 Å². The Morgan fingerprint density at radius 2 is 1.78 bits per heavy atom. The summed E-state index contributed by atoms with van der Waals surface area (Å²) in [6.07, 6.45) is 3.11. The van der Waals surface area contributed by atoms with Gasteiger partial charge in [0.1, 0.15) is 11.5 Å². The number of carbonyl (C=O) groups excluding carboxylic acids is 1. The maximum absolute atomic E-state index is 12.5. The fourth-order valence-corrected chi connectivity index (χ4v) is 3.17. The molecule has 0 unspecified atom stereocenters. The van der Waals surface area contributed by atoms with Crippen LogP contribution in [-0.4, -0.2) is 27.0 Å². The molecule has 2 aromatic heterocycles. The van der Waals surface area contributed by atoms with Crippen LogP contribution in [0.2, 0.25) is 0 Å². The lowest BCUT2D eigenvalue weighted by molar-refractivity contribution is 0.0697. The molecular weight excluding hydrogens is 408 g/mol. The van der Waals surface area contributed by atoms with Crippen molar-refractivity contribution in [3.63, 3.8) is 0 Å². The Morgan fingerprint density at radius 3 is 2.50 bits per heavy atom. The van der Waals surface area contributed by atoms with Crippen LogP contribution in [0.15, 0.2) is 77.5 Å². The molecule has 0 radical (unpaired) electrons. The fraction of sp³-hybridized carbons (Fsp3) is 0.0833. The number of carboxylic acids is 1. The molecule has 0 fully saturated rings. The van der Waals surface area contributed by atoms with Crippen molar-refractivity contribution in [2.75, 3.05) is 5.32 Å². The first-order valence-electron chi connectivity index (χ1n) is 9.85. The largest absolute Gasteiger partial charge is 0.478 e. The van der Waals surface area contributed by atoms with Gasteiger partial charge >= 0.3 is 5.97 Å². The lowest BCUT2D eigenvalue weighted by Gasteiger charge is -2.09. The number of aromatic nitrogens is 2. The minimum absolute atomic E-state index is 0.181. The number of aryl methyl sites for hydroxylation is 1. The fourth-order valence-electron chi connectivity index (χ4n) is 3.17. The summed E-state index contributed by atoms with van der Waals surface area (Å²) < 4.78 is 5.46.